The molecule has 1 unspecified atom stereocenters. The number of hydrogen-bond acceptors (Lipinski definition) is 3. The molecule has 1 aromatic carbocycles. The quantitative estimate of drug-likeness (QED) is 0.761. The zero-order chi connectivity index (χ0) is 12.8. The van der Waals surface area contributed by atoms with Crippen molar-refractivity contribution in [3.8, 4) is 0 Å². The minimum atomic E-state index is -0.871. The first-order valence-electron chi connectivity index (χ1n) is 6.18. The monoisotopic (exact) mass is 244 g/mol. The first-order valence-corrected chi connectivity index (χ1v) is 6.18. The van der Waals surface area contributed by atoms with E-state index in [2.05, 4.69) is 0 Å². The molecule has 2 aliphatic rings. The summed E-state index contributed by atoms with van der Waals surface area (Å²) in [7, 11) is 1.59. The van der Waals surface area contributed by atoms with E-state index in [0.717, 1.165) is 23.1 Å². The van der Waals surface area contributed by atoms with Gasteiger partial charge in [0.25, 0.3) is 0 Å². The van der Waals surface area contributed by atoms with Crippen LogP contribution in [0.15, 0.2) is 29.8 Å². The standard InChI is InChI=1S/C15H16O3/c1-15(17-2)13-9-18-8-7-11(13)10-5-3-4-6-12(10)14(15)16/h3-6H,7-9H2,1-2H3. The molecule has 0 spiro atoms. The van der Waals surface area contributed by atoms with Crippen LogP contribution in [0.4, 0.5) is 0 Å². The number of carbonyl (C=O) groups is 1. The maximum atomic E-state index is 12.6. The zero-order valence-corrected chi connectivity index (χ0v) is 10.7. The second kappa shape index (κ2) is 4.04. The first-order chi connectivity index (χ1) is 8.68. The van der Waals surface area contributed by atoms with Gasteiger partial charge in [-0.05, 0) is 30.1 Å². The summed E-state index contributed by atoms with van der Waals surface area (Å²) in [5, 5.41) is 0. The molecule has 0 aromatic heterocycles. The van der Waals surface area contributed by atoms with Gasteiger partial charge in [-0.2, -0.15) is 0 Å². The lowest BCUT2D eigenvalue weighted by atomic mass is 9.74. The van der Waals surface area contributed by atoms with Crippen molar-refractivity contribution in [3.05, 3.63) is 41.0 Å². The van der Waals surface area contributed by atoms with Crippen LogP contribution >= 0.6 is 0 Å². The molecule has 1 heterocycles. The van der Waals surface area contributed by atoms with E-state index in [0.29, 0.717) is 13.2 Å². The molecule has 0 bridgehead atoms. The Kier molecular flexibility index (Phi) is 2.61. The fourth-order valence-corrected chi connectivity index (χ4v) is 2.86. The van der Waals surface area contributed by atoms with Gasteiger partial charge in [-0.3, -0.25) is 4.79 Å². The second-order valence-electron chi connectivity index (χ2n) is 4.87. The van der Waals surface area contributed by atoms with Gasteiger partial charge in [-0.15, -0.1) is 0 Å². The zero-order valence-electron chi connectivity index (χ0n) is 10.7. The molecular weight excluding hydrogens is 228 g/mol. The van der Waals surface area contributed by atoms with E-state index < -0.39 is 5.60 Å². The predicted octanol–water partition coefficient (Wildman–Crippen LogP) is 2.46. The molecule has 1 aliphatic carbocycles. The van der Waals surface area contributed by atoms with Crippen LogP contribution in [-0.2, 0) is 9.47 Å². The Morgan fingerprint density at radius 2 is 2.00 bits per heavy atom. The number of rotatable bonds is 1. The van der Waals surface area contributed by atoms with Crippen molar-refractivity contribution in [3.63, 3.8) is 0 Å². The lowest BCUT2D eigenvalue weighted by Crippen LogP contribution is -2.45. The third-order valence-electron chi connectivity index (χ3n) is 4.02. The van der Waals surface area contributed by atoms with E-state index in [1.807, 2.05) is 31.2 Å². The Hall–Kier alpha value is -1.45. The largest absolute Gasteiger partial charge is 0.377 e. The third kappa shape index (κ3) is 1.41. The average Bonchev–Trinajstić information content (AvgIpc) is 2.45. The summed E-state index contributed by atoms with van der Waals surface area (Å²) in [6, 6.07) is 7.77. The fourth-order valence-electron chi connectivity index (χ4n) is 2.86. The molecule has 3 heteroatoms. The second-order valence-corrected chi connectivity index (χ2v) is 4.87. The molecule has 0 fully saturated rings. The summed E-state index contributed by atoms with van der Waals surface area (Å²) < 4.78 is 11.0. The van der Waals surface area contributed by atoms with E-state index in [9.17, 15) is 4.79 Å². The van der Waals surface area contributed by atoms with Crippen LogP contribution in [0.5, 0.6) is 0 Å². The van der Waals surface area contributed by atoms with Crippen LogP contribution in [0, 0.1) is 0 Å². The van der Waals surface area contributed by atoms with Crippen molar-refractivity contribution >= 4 is 11.4 Å². The summed E-state index contributed by atoms with van der Waals surface area (Å²) in [6.45, 7) is 3.04. The topological polar surface area (TPSA) is 35.5 Å². The Morgan fingerprint density at radius 3 is 2.72 bits per heavy atom. The number of fused-ring (bicyclic) bond motifs is 2. The van der Waals surface area contributed by atoms with Crippen molar-refractivity contribution in [2.45, 2.75) is 18.9 Å². The molecule has 94 valence electrons. The molecule has 1 aromatic rings. The van der Waals surface area contributed by atoms with Gasteiger partial charge in [0.15, 0.2) is 11.4 Å². The smallest absolute Gasteiger partial charge is 0.199 e. The lowest BCUT2D eigenvalue weighted by molar-refractivity contribution is 0.0187. The van der Waals surface area contributed by atoms with Crippen LogP contribution in [-0.4, -0.2) is 31.7 Å². The van der Waals surface area contributed by atoms with Gasteiger partial charge in [0, 0.05) is 12.7 Å². The normalized spacial score (nSPS) is 26.9. The maximum absolute atomic E-state index is 12.6. The minimum absolute atomic E-state index is 0.0323. The van der Waals surface area contributed by atoms with Gasteiger partial charge in [0.05, 0.1) is 13.2 Å². The molecular formula is C15H16O3. The van der Waals surface area contributed by atoms with Crippen molar-refractivity contribution in [1.29, 1.82) is 0 Å². The van der Waals surface area contributed by atoms with E-state index in [1.54, 1.807) is 7.11 Å². The van der Waals surface area contributed by atoms with Crippen molar-refractivity contribution < 1.29 is 14.3 Å². The highest BCUT2D eigenvalue weighted by Gasteiger charge is 2.45. The van der Waals surface area contributed by atoms with Gasteiger partial charge in [-0.1, -0.05) is 24.3 Å². The number of ether oxygens (including phenoxy) is 2. The summed E-state index contributed by atoms with van der Waals surface area (Å²) in [6.07, 6.45) is 0.846. The van der Waals surface area contributed by atoms with Gasteiger partial charge < -0.3 is 9.47 Å². The number of hydrogen-bond donors (Lipinski definition) is 0. The van der Waals surface area contributed by atoms with Crippen LogP contribution < -0.4 is 0 Å². The van der Waals surface area contributed by atoms with Gasteiger partial charge in [0.2, 0.25) is 0 Å². The van der Waals surface area contributed by atoms with E-state index in [4.69, 9.17) is 9.47 Å². The SMILES string of the molecule is COC1(C)C(=O)c2ccccc2C2=C1COCC2. The Labute approximate surface area is 106 Å². The van der Waals surface area contributed by atoms with Gasteiger partial charge in [0.1, 0.15) is 0 Å². The Bertz CT molecular complexity index is 544. The van der Waals surface area contributed by atoms with E-state index in [1.165, 1.54) is 5.57 Å². The highest BCUT2D eigenvalue weighted by Crippen LogP contribution is 2.42. The molecule has 1 atom stereocenters. The van der Waals surface area contributed by atoms with Gasteiger partial charge >= 0.3 is 0 Å². The van der Waals surface area contributed by atoms with Crippen molar-refractivity contribution in [1.82, 2.24) is 0 Å². The van der Waals surface area contributed by atoms with Crippen molar-refractivity contribution in [2.24, 2.45) is 0 Å². The molecule has 3 nitrogen and oxygen atoms in total. The molecule has 0 saturated carbocycles. The lowest BCUT2D eigenvalue weighted by Gasteiger charge is -2.38. The Morgan fingerprint density at radius 1 is 1.28 bits per heavy atom. The molecule has 0 amide bonds. The van der Waals surface area contributed by atoms with Gasteiger partial charge in [-0.25, -0.2) is 0 Å². The van der Waals surface area contributed by atoms with Crippen LogP contribution in [0.3, 0.4) is 0 Å². The van der Waals surface area contributed by atoms with Crippen molar-refractivity contribution in [2.75, 3.05) is 20.3 Å². The highest BCUT2D eigenvalue weighted by molar-refractivity contribution is 6.12. The van der Waals surface area contributed by atoms with Crippen LogP contribution in [0.25, 0.3) is 5.57 Å². The predicted molar refractivity (Wildman–Crippen MR) is 68.5 cm³/mol. The van der Waals surface area contributed by atoms with Crippen LogP contribution in [0.2, 0.25) is 0 Å². The maximum Gasteiger partial charge on any atom is 0.199 e. The van der Waals surface area contributed by atoms with E-state index >= 15 is 0 Å². The summed E-state index contributed by atoms with van der Waals surface area (Å²) in [4.78, 5) is 12.6. The molecule has 1 aliphatic heterocycles. The number of Topliss-reactive ketones (excluding diaryl/α,β-unsaturated/α-hetero) is 1. The molecule has 0 radical (unpaired) electrons. The number of ketones is 1. The number of benzene rings is 1. The van der Waals surface area contributed by atoms with E-state index in [-0.39, 0.29) is 5.78 Å². The fraction of sp³-hybridized carbons (Fsp3) is 0.400. The average molecular weight is 244 g/mol. The summed E-state index contributed by atoms with van der Waals surface area (Å²) >= 11 is 0. The molecule has 0 N–H and O–H groups in total. The molecule has 3 rings (SSSR count). The molecule has 18 heavy (non-hydrogen) atoms. The minimum Gasteiger partial charge on any atom is -0.377 e. The Balaban J connectivity index is 2.29. The molecule has 0 saturated heterocycles. The third-order valence-corrected chi connectivity index (χ3v) is 4.02. The highest BCUT2D eigenvalue weighted by atomic mass is 16.5. The number of carbonyl (C=O) groups excluding carboxylic acids is 1. The van der Waals surface area contributed by atoms with Crippen LogP contribution in [0.1, 0.15) is 29.3 Å². The number of methoxy groups -OCH3 is 1. The summed E-state index contributed by atoms with van der Waals surface area (Å²) in [5.74, 6) is 0.0323. The summed E-state index contributed by atoms with van der Waals surface area (Å²) in [5.41, 5.74) is 3.16. The first kappa shape index (κ1) is 11.6.